The van der Waals surface area contributed by atoms with Crippen molar-refractivity contribution < 1.29 is 0 Å². The molecule has 0 atom stereocenters. The number of hydrogen-bond acceptors (Lipinski definition) is 3. The van der Waals surface area contributed by atoms with Crippen molar-refractivity contribution in [3.63, 3.8) is 0 Å². The number of rotatable bonds is 4. The van der Waals surface area contributed by atoms with Crippen molar-refractivity contribution in [2.24, 2.45) is 0 Å². The minimum atomic E-state index is 0.719. The smallest absolute Gasteiger partial charge is 0.148 e. The summed E-state index contributed by atoms with van der Waals surface area (Å²) in [5.74, 6) is 1.75. The Hall–Kier alpha value is -1.68. The van der Waals surface area contributed by atoms with Crippen LogP contribution in [0.5, 0.6) is 0 Å². The highest BCUT2D eigenvalue weighted by Gasteiger charge is 2.20. The van der Waals surface area contributed by atoms with Crippen molar-refractivity contribution in [3.8, 4) is 5.69 Å². The van der Waals surface area contributed by atoms with Crippen LogP contribution in [0.15, 0.2) is 24.3 Å². The molecule has 2 aromatic rings. The minimum absolute atomic E-state index is 0.719. The van der Waals surface area contributed by atoms with E-state index in [1.54, 1.807) is 0 Å². The van der Waals surface area contributed by atoms with Crippen molar-refractivity contribution in [1.29, 1.82) is 0 Å². The number of aromatic nitrogens is 3. The summed E-state index contributed by atoms with van der Waals surface area (Å²) >= 11 is 0. The average Bonchev–Trinajstić information content (AvgIpc) is 3.12. The molecule has 1 fully saturated rings. The number of para-hydroxylation sites is 1. The summed E-state index contributed by atoms with van der Waals surface area (Å²) in [6, 6.07) is 9.10. The molecule has 4 nitrogen and oxygen atoms in total. The summed E-state index contributed by atoms with van der Waals surface area (Å²) in [6.07, 6.45) is 2.62. The molecule has 0 spiro atoms. The zero-order chi connectivity index (χ0) is 12.5. The molecule has 4 heteroatoms. The molecule has 1 aromatic heterocycles. The van der Waals surface area contributed by atoms with Crippen LogP contribution in [-0.2, 0) is 6.54 Å². The lowest BCUT2D eigenvalue weighted by Crippen LogP contribution is -2.17. The van der Waals surface area contributed by atoms with E-state index in [0.717, 1.165) is 29.9 Å². The third-order valence-corrected chi connectivity index (χ3v) is 3.25. The fourth-order valence-electron chi connectivity index (χ4n) is 2.16. The average molecular weight is 242 g/mol. The molecule has 18 heavy (non-hydrogen) atoms. The molecule has 0 bridgehead atoms. The van der Waals surface area contributed by atoms with Crippen LogP contribution in [0, 0.1) is 13.8 Å². The first-order chi connectivity index (χ1) is 8.74. The maximum absolute atomic E-state index is 4.46. The number of nitrogens with one attached hydrogen (secondary N) is 1. The molecule has 1 aromatic carbocycles. The maximum atomic E-state index is 4.46. The van der Waals surface area contributed by atoms with E-state index in [4.69, 9.17) is 0 Å². The third kappa shape index (κ3) is 2.29. The highest BCUT2D eigenvalue weighted by Crippen LogP contribution is 2.21. The summed E-state index contributed by atoms with van der Waals surface area (Å²) in [5, 5.41) is 8.01. The zero-order valence-electron chi connectivity index (χ0n) is 10.8. The summed E-state index contributed by atoms with van der Waals surface area (Å²) in [6.45, 7) is 4.82. The number of nitrogens with zero attached hydrogens (tertiary/aromatic N) is 3. The van der Waals surface area contributed by atoms with E-state index >= 15 is 0 Å². The summed E-state index contributed by atoms with van der Waals surface area (Å²) in [5.41, 5.74) is 2.40. The van der Waals surface area contributed by atoms with Gasteiger partial charge in [0.1, 0.15) is 11.6 Å². The van der Waals surface area contributed by atoms with Crippen LogP contribution in [0.3, 0.4) is 0 Å². The first kappa shape index (κ1) is 11.4. The monoisotopic (exact) mass is 242 g/mol. The van der Waals surface area contributed by atoms with Crippen LogP contribution in [0.2, 0.25) is 0 Å². The predicted octanol–water partition coefficient (Wildman–Crippen LogP) is 2.14. The van der Waals surface area contributed by atoms with Crippen molar-refractivity contribution in [2.75, 3.05) is 0 Å². The van der Waals surface area contributed by atoms with Gasteiger partial charge in [0.2, 0.25) is 0 Å². The second-order valence-corrected chi connectivity index (χ2v) is 4.90. The molecule has 3 rings (SSSR count). The van der Waals surface area contributed by atoms with Crippen molar-refractivity contribution in [3.05, 3.63) is 41.5 Å². The fraction of sp³-hybridized carbons (Fsp3) is 0.429. The molecule has 1 heterocycles. The van der Waals surface area contributed by atoms with E-state index in [9.17, 15) is 0 Å². The predicted molar refractivity (Wildman–Crippen MR) is 70.7 cm³/mol. The largest absolute Gasteiger partial charge is 0.310 e. The molecule has 94 valence electrons. The van der Waals surface area contributed by atoms with Gasteiger partial charge in [0, 0.05) is 12.6 Å². The van der Waals surface area contributed by atoms with Crippen molar-refractivity contribution >= 4 is 0 Å². The van der Waals surface area contributed by atoms with Crippen LogP contribution >= 0.6 is 0 Å². The molecule has 0 amide bonds. The normalized spacial score (nSPS) is 15.0. The van der Waals surface area contributed by atoms with E-state index in [0.29, 0.717) is 0 Å². The molecule has 0 unspecified atom stereocenters. The van der Waals surface area contributed by atoms with Crippen LogP contribution in [0.25, 0.3) is 5.69 Å². The van der Waals surface area contributed by atoms with Gasteiger partial charge in [0.25, 0.3) is 0 Å². The van der Waals surface area contributed by atoms with E-state index in [1.807, 2.05) is 24.6 Å². The topological polar surface area (TPSA) is 42.7 Å². The van der Waals surface area contributed by atoms with E-state index < -0.39 is 0 Å². The number of benzene rings is 1. The van der Waals surface area contributed by atoms with Gasteiger partial charge < -0.3 is 5.32 Å². The summed E-state index contributed by atoms with van der Waals surface area (Å²) < 4.78 is 1.93. The van der Waals surface area contributed by atoms with Gasteiger partial charge >= 0.3 is 0 Å². The van der Waals surface area contributed by atoms with E-state index in [1.165, 1.54) is 18.4 Å². The van der Waals surface area contributed by atoms with Crippen molar-refractivity contribution in [1.82, 2.24) is 20.1 Å². The molecule has 1 aliphatic carbocycles. The van der Waals surface area contributed by atoms with Crippen LogP contribution < -0.4 is 5.32 Å². The lowest BCUT2D eigenvalue weighted by Gasteiger charge is -2.10. The van der Waals surface area contributed by atoms with Crippen molar-refractivity contribution in [2.45, 2.75) is 39.3 Å². The van der Waals surface area contributed by atoms with Crippen LogP contribution in [0.4, 0.5) is 0 Å². The Labute approximate surface area is 107 Å². The Morgan fingerprint density at radius 3 is 2.72 bits per heavy atom. The van der Waals surface area contributed by atoms with Gasteiger partial charge in [-0.15, -0.1) is 0 Å². The Morgan fingerprint density at radius 1 is 1.28 bits per heavy atom. The summed E-state index contributed by atoms with van der Waals surface area (Å²) in [4.78, 5) is 4.37. The van der Waals surface area contributed by atoms with E-state index in [2.05, 4.69) is 33.6 Å². The second-order valence-electron chi connectivity index (χ2n) is 4.90. The van der Waals surface area contributed by atoms with Gasteiger partial charge in [-0.3, -0.25) is 0 Å². The minimum Gasteiger partial charge on any atom is -0.310 e. The lowest BCUT2D eigenvalue weighted by atomic mass is 10.1. The van der Waals surface area contributed by atoms with Gasteiger partial charge in [0.05, 0.1) is 5.69 Å². The Kier molecular flexibility index (Phi) is 2.88. The first-order valence-electron chi connectivity index (χ1n) is 6.46. The molecule has 0 saturated heterocycles. The molecular formula is C14H18N4. The molecule has 1 N–H and O–H groups in total. The zero-order valence-corrected chi connectivity index (χ0v) is 10.8. The van der Waals surface area contributed by atoms with Gasteiger partial charge in [-0.2, -0.15) is 5.10 Å². The molecular weight excluding hydrogens is 224 g/mol. The SMILES string of the molecule is Cc1nc(C)n(-c2ccccc2CNC2CC2)n1. The molecule has 0 radical (unpaired) electrons. The highest BCUT2D eigenvalue weighted by atomic mass is 15.3. The Balaban J connectivity index is 1.92. The number of hydrogen-bond donors (Lipinski definition) is 1. The van der Waals surface area contributed by atoms with E-state index in [-0.39, 0.29) is 0 Å². The van der Waals surface area contributed by atoms with Gasteiger partial charge in [0.15, 0.2) is 0 Å². The highest BCUT2D eigenvalue weighted by molar-refractivity contribution is 5.40. The van der Waals surface area contributed by atoms with Crippen LogP contribution in [-0.4, -0.2) is 20.8 Å². The van der Waals surface area contributed by atoms with Crippen LogP contribution in [0.1, 0.15) is 30.1 Å². The maximum Gasteiger partial charge on any atom is 0.148 e. The fourth-order valence-corrected chi connectivity index (χ4v) is 2.16. The van der Waals surface area contributed by atoms with Gasteiger partial charge in [-0.05, 0) is 38.3 Å². The first-order valence-corrected chi connectivity index (χ1v) is 6.46. The lowest BCUT2D eigenvalue weighted by molar-refractivity contribution is 0.679. The Bertz CT molecular complexity index is 555. The molecule has 1 saturated carbocycles. The molecule has 0 aliphatic heterocycles. The van der Waals surface area contributed by atoms with Gasteiger partial charge in [-0.25, -0.2) is 9.67 Å². The standard InChI is InChI=1S/C14H18N4/c1-10-16-11(2)18(17-10)14-6-4-3-5-12(14)9-15-13-7-8-13/h3-6,13,15H,7-9H2,1-2H3. The molecule has 1 aliphatic rings. The number of aryl methyl sites for hydroxylation is 2. The second kappa shape index (κ2) is 4.53. The van der Waals surface area contributed by atoms with Gasteiger partial charge in [-0.1, -0.05) is 18.2 Å². The Morgan fingerprint density at radius 2 is 2.06 bits per heavy atom. The third-order valence-electron chi connectivity index (χ3n) is 3.25. The quantitative estimate of drug-likeness (QED) is 0.893. The summed E-state index contributed by atoms with van der Waals surface area (Å²) in [7, 11) is 0.